The van der Waals surface area contributed by atoms with E-state index in [2.05, 4.69) is 54.8 Å². The first kappa shape index (κ1) is 45.3. The van der Waals surface area contributed by atoms with E-state index in [1.807, 2.05) is 6.08 Å². The number of carbonyl (C=O) groups is 1. The van der Waals surface area contributed by atoms with E-state index >= 15 is 0 Å². The third kappa shape index (κ3) is 38.7. The average molecular weight is 683 g/mol. The minimum Gasteiger partial charge on any atom is -0.498 e. The Morgan fingerprint density at radius 3 is 1.53 bits per heavy atom. The summed E-state index contributed by atoms with van der Waals surface area (Å²) < 4.78 is 26.7. The topological polar surface area (TPSA) is 102 Å². The van der Waals surface area contributed by atoms with E-state index in [1.165, 1.54) is 96.3 Å². The van der Waals surface area contributed by atoms with E-state index in [0.717, 1.165) is 51.4 Å². The molecule has 0 amide bonds. The zero-order chi connectivity index (χ0) is 34.5. The first-order valence-corrected chi connectivity index (χ1v) is 20.5. The van der Waals surface area contributed by atoms with Gasteiger partial charge >= 0.3 is 13.8 Å². The van der Waals surface area contributed by atoms with Crippen molar-refractivity contribution in [3.05, 3.63) is 48.8 Å². The molecule has 0 unspecified atom stereocenters. The summed E-state index contributed by atoms with van der Waals surface area (Å²) in [5, 5.41) is 0. The normalized spacial score (nSPS) is 13.1. The van der Waals surface area contributed by atoms with Gasteiger partial charge in [-0.1, -0.05) is 147 Å². The number of phosphoric acid groups is 1. The molecule has 0 aliphatic carbocycles. The Morgan fingerprint density at radius 2 is 1.00 bits per heavy atom. The predicted octanol–water partition coefficient (Wildman–Crippen LogP) is 12.0. The van der Waals surface area contributed by atoms with Crippen molar-refractivity contribution in [1.82, 2.24) is 0 Å². The Morgan fingerprint density at radius 1 is 0.574 bits per heavy atom. The van der Waals surface area contributed by atoms with Gasteiger partial charge in [-0.15, -0.1) is 0 Å². The second-order valence-corrected chi connectivity index (χ2v) is 13.9. The van der Waals surface area contributed by atoms with Crippen molar-refractivity contribution >= 4 is 13.8 Å². The van der Waals surface area contributed by atoms with Crippen molar-refractivity contribution < 1.29 is 33.1 Å². The Kier molecular flexibility index (Phi) is 34.4. The molecule has 0 saturated carbocycles. The van der Waals surface area contributed by atoms with Crippen LogP contribution in [0, 0.1) is 0 Å². The monoisotopic (exact) mass is 682 g/mol. The Labute approximate surface area is 288 Å². The van der Waals surface area contributed by atoms with E-state index in [9.17, 15) is 9.36 Å². The molecule has 2 N–H and O–H groups in total. The number of allylic oxidation sites excluding steroid dienone is 7. The standard InChI is InChI=1S/C39H71O7P/c1-3-5-7-9-11-13-15-17-19-20-21-22-24-26-28-30-32-34-39(40)46-38(37-45-47(41,42)43)36-44-35-33-31-29-27-25-23-18-16-14-12-10-8-6-4-2/h11,13,17,19,21-22,33,35,38H,3-10,12,14-16,18,20,23-32,34,36-37H2,1-2H3,(H2,41,42,43)/b13-11-,19-17-,22-21-,35-33-/t38-/m1/s1. The molecule has 0 aromatic rings. The number of ether oxygens (including phenoxy) is 2. The van der Waals surface area contributed by atoms with Crippen LogP contribution in [0.15, 0.2) is 48.8 Å². The summed E-state index contributed by atoms with van der Waals surface area (Å²) in [6.45, 7) is 4.05. The van der Waals surface area contributed by atoms with Crippen LogP contribution in [0.5, 0.6) is 0 Å². The molecule has 0 heterocycles. The number of esters is 1. The van der Waals surface area contributed by atoms with Gasteiger partial charge in [0.2, 0.25) is 0 Å². The summed E-state index contributed by atoms with van der Waals surface area (Å²) in [4.78, 5) is 30.5. The molecule has 0 bridgehead atoms. The molecule has 0 aliphatic heterocycles. The van der Waals surface area contributed by atoms with E-state index in [4.69, 9.17) is 19.3 Å². The number of carbonyl (C=O) groups excluding carboxylic acids is 1. The SMILES string of the molecule is CCCCC/C=C\C/C=C\C/C=C\CCCCCCC(=O)O[C@H](CO/C=C\CCCCCCCCCCCCCC)COP(=O)(O)O. The number of rotatable bonds is 35. The van der Waals surface area contributed by atoms with Gasteiger partial charge in [0.15, 0.2) is 6.10 Å². The van der Waals surface area contributed by atoms with Crippen molar-refractivity contribution in [2.24, 2.45) is 0 Å². The van der Waals surface area contributed by atoms with Crippen LogP contribution in [-0.4, -0.2) is 35.1 Å². The predicted molar refractivity (Wildman–Crippen MR) is 197 cm³/mol. The van der Waals surface area contributed by atoms with Gasteiger partial charge in [-0.25, -0.2) is 4.57 Å². The van der Waals surface area contributed by atoms with Gasteiger partial charge in [0.25, 0.3) is 0 Å². The van der Waals surface area contributed by atoms with Crippen LogP contribution in [0.2, 0.25) is 0 Å². The lowest BCUT2D eigenvalue weighted by Gasteiger charge is -2.18. The molecule has 274 valence electrons. The van der Waals surface area contributed by atoms with Crippen molar-refractivity contribution in [2.45, 2.75) is 180 Å². The number of phosphoric ester groups is 1. The highest BCUT2D eigenvalue weighted by atomic mass is 31.2. The molecular weight excluding hydrogens is 611 g/mol. The highest BCUT2D eigenvalue weighted by Gasteiger charge is 2.21. The summed E-state index contributed by atoms with van der Waals surface area (Å²) >= 11 is 0. The molecule has 0 aromatic heterocycles. The second kappa shape index (κ2) is 35.6. The first-order chi connectivity index (χ1) is 22.9. The quantitative estimate of drug-likeness (QED) is 0.0225. The molecule has 0 saturated heterocycles. The van der Waals surface area contributed by atoms with Crippen molar-refractivity contribution in [3.8, 4) is 0 Å². The summed E-state index contributed by atoms with van der Waals surface area (Å²) in [5.41, 5.74) is 0. The molecular formula is C39H71O7P. The molecule has 1 atom stereocenters. The number of unbranched alkanes of at least 4 members (excludes halogenated alkanes) is 19. The highest BCUT2D eigenvalue weighted by molar-refractivity contribution is 7.46. The van der Waals surface area contributed by atoms with Crippen molar-refractivity contribution in [3.63, 3.8) is 0 Å². The fourth-order valence-electron chi connectivity index (χ4n) is 5.12. The largest absolute Gasteiger partial charge is 0.498 e. The van der Waals surface area contributed by atoms with Gasteiger partial charge in [0.05, 0.1) is 12.9 Å². The van der Waals surface area contributed by atoms with Crippen molar-refractivity contribution in [2.75, 3.05) is 13.2 Å². The lowest BCUT2D eigenvalue weighted by Crippen LogP contribution is -2.27. The highest BCUT2D eigenvalue weighted by Crippen LogP contribution is 2.35. The van der Waals surface area contributed by atoms with Gasteiger partial charge in [0.1, 0.15) is 6.61 Å². The number of hydrogen-bond acceptors (Lipinski definition) is 5. The second-order valence-electron chi connectivity index (χ2n) is 12.6. The summed E-state index contributed by atoms with van der Waals surface area (Å²) in [5.74, 6) is -0.407. The molecule has 0 spiro atoms. The van der Waals surface area contributed by atoms with Crippen LogP contribution in [0.25, 0.3) is 0 Å². The maximum Gasteiger partial charge on any atom is 0.469 e. The van der Waals surface area contributed by atoms with Crippen LogP contribution < -0.4 is 0 Å². The molecule has 0 fully saturated rings. The Bertz CT molecular complexity index is 846. The molecule has 0 aliphatic rings. The number of hydrogen-bond donors (Lipinski definition) is 2. The van der Waals surface area contributed by atoms with Crippen molar-refractivity contribution in [1.29, 1.82) is 0 Å². The van der Waals surface area contributed by atoms with Crippen LogP contribution in [0.3, 0.4) is 0 Å². The minimum absolute atomic E-state index is 0.0159. The lowest BCUT2D eigenvalue weighted by atomic mass is 10.0. The maximum atomic E-state index is 12.3. The van der Waals surface area contributed by atoms with Crippen LogP contribution in [-0.2, 0) is 23.4 Å². The maximum absolute atomic E-state index is 12.3. The Hall–Kier alpha value is -1.66. The van der Waals surface area contributed by atoms with Crippen LogP contribution >= 0.6 is 7.82 Å². The van der Waals surface area contributed by atoms with Gasteiger partial charge < -0.3 is 19.3 Å². The van der Waals surface area contributed by atoms with Gasteiger partial charge in [-0.05, 0) is 63.9 Å². The smallest absolute Gasteiger partial charge is 0.469 e. The third-order valence-electron chi connectivity index (χ3n) is 7.95. The van der Waals surface area contributed by atoms with E-state index in [0.29, 0.717) is 6.42 Å². The van der Waals surface area contributed by atoms with E-state index < -0.39 is 26.5 Å². The fourth-order valence-corrected chi connectivity index (χ4v) is 5.48. The zero-order valence-corrected chi connectivity index (χ0v) is 31.1. The molecule has 8 heteroatoms. The zero-order valence-electron chi connectivity index (χ0n) is 30.2. The Balaban J connectivity index is 3.95. The average Bonchev–Trinajstić information content (AvgIpc) is 3.04. The van der Waals surface area contributed by atoms with E-state index in [-0.39, 0.29) is 13.0 Å². The summed E-state index contributed by atoms with van der Waals surface area (Å²) in [6.07, 6.45) is 44.7. The fraction of sp³-hybridized carbons (Fsp3) is 0.769. The lowest BCUT2D eigenvalue weighted by molar-refractivity contribution is -0.153. The molecule has 7 nitrogen and oxygen atoms in total. The third-order valence-corrected chi connectivity index (χ3v) is 8.43. The van der Waals surface area contributed by atoms with E-state index in [1.54, 1.807) is 6.26 Å². The summed E-state index contributed by atoms with van der Waals surface area (Å²) in [7, 11) is -4.67. The minimum atomic E-state index is -4.67. The van der Waals surface area contributed by atoms with Gasteiger partial charge in [-0.3, -0.25) is 9.32 Å². The molecule has 0 rings (SSSR count). The van der Waals surface area contributed by atoms with Crippen LogP contribution in [0.1, 0.15) is 174 Å². The molecule has 0 aromatic carbocycles. The summed E-state index contributed by atoms with van der Waals surface area (Å²) in [6, 6.07) is 0. The van der Waals surface area contributed by atoms with Gasteiger partial charge in [-0.2, -0.15) is 0 Å². The molecule has 0 radical (unpaired) electrons. The van der Waals surface area contributed by atoms with Gasteiger partial charge in [0, 0.05) is 6.42 Å². The first-order valence-electron chi connectivity index (χ1n) is 19.0. The molecule has 47 heavy (non-hydrogen) atoms. The van der Waals surface area contributed by atoms with Crippen LogP contribution in [0.4, 0.5) is 0 Å².